The number of nitrogens with zero attached hydrogens (tertiary/aromatic N) is 4. The summed E-state index contributed by atoms with van der Waals surface area (Å²) in [5.74, 6) is 0.169. The second-order valence-electron chi connectivity index (χ2n) is 10.9. The van der Waals surface area contributed by atoms with E-state index < -0.39 is 10.0 Å². The van der Waals surface area contributed by atoms with Gasteiger partial charge in [0.25, 0.3) is 10.0 Å². The molecule has 8 heteroatoms. The molecule has 0 unspecified atom stereocenters. The van der Waals surface area contributed by atoms with Gasteiger partial charge in [0.2, 0.25) is 0 Å². The Balaban J connectivity index is 1.33. The fourth-order valence-corrected chi connectivity index (χ4v) is 7.04. The molecule has 6 aromatic rings. The molecule has 206 valence electrons. The summed E-state index contributed by atoms with van der Waals surface area (Å²) in [6, 6.07) is 23.4. The molecule has 41 heavy (non-hydrogen) atoms. The zero-order valence-corrected chi connectivity index (χ0v) is 23.8. The number of aromatic nitrogens is 4. The molecule has 7 rings (SSSR count). The lowest BCUT2D eigenvalue weighted by Crippen LogP contribution is -2.29. The van der Waals surface area contributed by atoms with Crippen molar-refractivity contribution in [1.82, 2.24) is 18.7 Å². The van der Waals surface area contributed by atoms with E-state index >= 15 is 0 Å². The summed E-state index contributed by atoms with van der Waals surface area (Å²) in [4.78, 5) is 4.96. The summed E-state index contributed by atoms with van der Waals surface area (Å²) < 4.78 is 37.2. The lowest BCUT2D eigenvalue weighted by atomic mass is 9.77. The summed E-state index contributed by atoms with van der Waals surface area (Å²) in [6.07, 6.45) is 9.16. The van der Waals surface area contributed by atoms with Gasteiger partial charge in [-0.05, 0) is 66.0 Å². The van der Waals surface area contributed by atoms with E-state index in [9.17, 15) is 8.42 Å². The average molecular weight is 563 g/mol. The topological polar surface area (TPSA) is 79.0 Å². The first-order chi connectivity index (χ1) is 19.9. The normalized spacial score (nSPS) is 17.2. The van der Waals surface area contributed by atoms with Gasteiger partial charge in [0.05, 0.1) is 23.8 Å². The van der Waals surface area contributed by atoms with Gasteiger partial charge < -0.3 is 4.74 Å². The van der Waals surface area contributed by atoms with E-state index in [0.29, 0.717) is 12.3 Å². The van der Waals surface area contributed by atoms with Crippen molar-refractivity contribution in [3.8, 4) is 11.1 Å². The number of benzene rings is 3. The van der Waals surface area contributed by atoms with E-state index in [-0.39, 0.29) is 16.9 Å². The fourth-order valence-electron chi connectivity index (χ4n) is 5.72. The lowest BCUT2D eigenvalue weighted by Gasteiger charge is -2.35. The maximum absolute atomic E-state index is 13.9. The van der Waals surface area contributed by atoms with Crippen LogP contribution in [-0.2, 0) is 28.4 Å². The first-order valence-electron chi connectivity index (χ1n) is 13.8. The van der Waals surface area contributed by atoms with Gasteiger partial charge in [0.1, 0.15) is 0 Å². The Morgan fingerprint density at radius 3 is 2.44 bits per heavy atom. The molecule has 0 spiro atoms. The van der Waals surface area contributed by atoms with Crippen molar-refractivity contribution in [2.24, 2.45) is 7.05 Å². The maximum atomic E-state index is 13.9. The summed E-state index contributed by atoms with van der Waals surface area (Å²) in [6.45, 7) is 2.51. The zero-order chi connectivity index (χ0) is 28.1. The molecule has 1 aliphatic rings. The second-order valence-corrected chi connectivity index (χ2v) is 12.8. The van der Waals surface area contributed by atoms with Crippen LogP contribution in [0.2, 0.25) is 0 Å². The predicted octanol–water partition coefficient (Wildman–Crippen LogP) is 6.60. The molecule has 0 atom stereocenters. The highest BCUT2D eigenvalue weighted by Gasteiger charge is 2.35. The maximum Gasteiger partial charge on any atom is 0.269 e. The second kappa shape index (κ2) is 9.98. The molecule has 0 bridgehead atoms. The molecule has 0 aliphatic heterocycles. The monoisotopic (exact) mass is 562 g/mol. The molecule has 1 saturated carbocycles. The van der Waals surface area contributed by atoms with Crippen LogP contribution in [0.1, 0.15) is 35.4 Å². The van der Waals surface area contributed by atoms with Crippen LogP contribution in [0.3, 0.4) is 0 Å². The molecule has 0 saturated heterocycles. The van der Waals surface area contributed by atoms with Crippen molar-refractivity contribution in [2.45, 2.75) is 43.3 Å². The minimum absolute atomic E-state index is 0.126. The lowest BCUT2D eigenvalue weighted by molar-refractivity contribution is -0.0204. The summed E-state index contributed by atoms with van der Waals surface area (Å²) in [5, 5.41) is 7.17. The molecule has 3 aromatic heterocycles. The smallest absolute Gasteiger partial charge is 0.269 e. The van der Waals surface area contributed by atoms with Gasteiger partial charge in [0, 0.05) is 42.0 Å². The first kappa shape index (κ1) is 25.7. The fraction of sp³-hybridized carbons (Fsp3) is 0.212. The number of fused-ring (bicyclic) bond motifs is 3. The van der Waals surface area contributed by atoms with Crippen LogP contribution >= 0.6 is 0 Å². The van der Waals surface area contributed by atoms with E-state index in [1.165, 1.54) is 3.97 Å². The van der Waals surface area contributed by atoms with E-state index in [1.54, 1.807) is 29.2 Å². The predicted molar refractivity (Wildman–Crippen MR) is 160 cm³/mol. The highest BCUT2D eigenvalue weighted by molar-refractivity contribution is 7.90. The van der Waals surface area contributed by atoms with Gasteiger partial charge in [-0.25, -0.2) is 17.4 Å². The van der Waals surface area contributed by atoms with Crippen molar-refractivity contribution in [3.63, 3.8) is 0 Å². The Morgan fingerprint density at radius 2 is 1.71 bits per heavy atom. The number of hydrogen-bond acceptors (Lipinski definition) is 5. The van der Waals surface area contributed by atoms with Crippen LogP contribution in [0, 0.1) is 6.92 Å². The van der Waals surface area contributed by atoms with Gasteiger partial charge >= 0.3 is 0 Å². The van der Waals surface area contributed by atoms with Crippen molar-refractivity contribution in [2.75, 3.05) is 0 Å². The van der Waals surface area contributed by atoms with Gasteiger partial charge in [-0.1, -0.05) is 60.2 Å². The van der Waals surface area contributed by atoms with Crippen molar-refractivity contribution in [3.05, 3.63) is 114 Å². The average Bonchev–Trinajstić information content (AvgIpc) is 3.57. The van der Waals surface area contributed by atoms with Crippen molar-refractivity contribution >= 4 is 31.8 Å². The molecular formula is C33H30N4O3S. The van der Waals surface area contributed by atoms with Crippen LogP contribution in [0.4, 0.5) is 0 Å². The van der Waals surface area contributed by atoms with E-state index in [4.69, 9.17) is 9.72 Å². The number of hydrogen-bond donors (Lipinski definition) is 0. The van der Waals surface area contributed by atoms with Crippen LogP contribution in [0.5, 0.6) is 0 Å². The Hall–Kier alpha value is -4.27. The van der Waals surface area contributed by atoms with Gasteiger partial charge in [-0.15, -0.1) is 0 Å². The Kier molecular flexibility index (Phi) is 6.25. The van der Waals surface area contributed by atoms with Crippen LogP contribution < -0.4 is 0 Å². The van der Waals surface area contributed by atoms with Crippen molar-refractivity contribution < 1.29 is 13.2 Å². The minimum Gasteiger partial charge on any atom is -0.373 e. The molecule has 0 radical (unpaired) electrons. The molecule has 7 nitrogen and oxygen atoms in total. The quantitative estimate of drug-likeness (QED) is 0.219. The molecular weight excluding hydrogens is 532 g/mol. The highest BCUT2D eigenvalue weighted by Crippen LogP contribution is 2.45. The Bertz CT molecular complexity index is 1990. The number of rotatable bonds is 7. The van der Waals surface area contributed by atoms with E-state index in [1.807, 2.05) is 62.8 Å². The van der Waals surface area contributed by atoms with Crippen LogP contribution in [-0.4, -0.2) is 33.3 Å². The Labute approximate surface area is 239 Å². The minimum atomic E-state index is -3.86. The van der Waals surface area contributed by atoms with Crippen LogP contribution in [0.15, 0.2) is 102 Å². The third-order valence-electron chi connectivity index (χ3n) is 8.11. The summed E-state index contributed by atoms with van der Waals surface area (Å²) >= 11 is 0. The largest absolute Gasteiger partial charge is 0.373 e. The number of pyridine rings is 1. The van der Waals surface area contributed by atoms with Gasteiger partial charge in [0.15, 0.2) is 5.65 Å². The van der Waals surface area contributed by atoms with E-state index in [2.05, 4.69) is 29.4 Å². The number of ether oxygens (including phenoxy) is 1. The molecule has 0 amide bonds. The molecule has 1 aliphatic carbocycles. The third-order valence-corrected chi connectivity index (χ3v) is 9.77. The zero-order valence-electron chi connectivity index (χ0n) is 22.9. The standard InChI is InChI=1S/C33H30N4O3S/c1-22-8-12-29(13-9-22)41(38,39)37-20-31(26-14-28(15-26)40-21-23-6-4-3-5-7-23)32-30-16-24(27-18-35-36(2)19-27)10-11-25(30)17-34-33(32)37/h3-13,16-20,26,28H,14-15,21H2,1-2H3. The Morgan fingerprint density at radius 1 is 0.927 bits per heavy atom. The third kappa shape index (κ3) is 4.63. The summed E-state index contributed by atoms with van der Waals surface area (Å²) in [5.41, 5.74) is 5.63. The molecule has 3 aromatic carbocycles. The first-order valence-corrected chi connectivity index (χ1v) is 15.2. The highest BCUT2D eigenvalue weighted by atomic mass is 32.2. The van der Waals surface area contributed by atoms with Crippen molar-refractivity contribution in [1.29, 1.82) is 0 Å². The molecule has 0 N–H and O–H groups in total. The van der Waals surface area contributed by atoms with Gasteiger partial charge in [-0.2, -0.15) is 5.10 Å². The SMILES string of the molecule is Cc1ccc(S(=O)(=O)n2cc(C3CC(OCc4ccccc4)C3)c3c4cc(-c5cnn(C)c5)ccc4cnc32)cc1. The van der Waals surface area contributed by atoms with Crippen LogP contribution in [0.25, 0.3) is 32.9 Å². The van der Waals surface area contributed by atoms with E-state index in [0.717, 1.165) is 56.8 Å². The van der Waals surface area contributed by atoms with Gasteiger partial charge in [-0.3, -0.25) is 4.68 Å². The number of aryl methyl sites for hydroxylation is 2. The summed E-state index contributed by atoms with van der Waals surface area (Å²) in [7, 11) is -1.96. The molecule has 1 fully saturated rings. The molecule has 3 heterocycles.